The van der Waals surface area contributed by atoms with Crippen LogP contribution in [-0.2, 0) is 0 Å². The van der Waals surface area contributed by atoms with Gasteiger partial charge in [0.2, 0.25) is 0 Å². The fourth-order valence-electron chi connectivity index (χ4n) is 1.59. The molecule has 3 N–H and O–H groups in total. The van der Waals surface area contributed by atoms with Crippen molar-refractivity contribution in [1.82, 2.24) is 0 Å². The third kappa shape index (κ3) is 2.40. The van der Waals surface area contributed by atoms with E-state index in [0.29, 0.717) is 5.75 Å². The van der Waals surface area contributed by atoms with Crippen LogP contribution in [0.2, 0.25) is 0 Å². The molecule has 0 saturated heterocycles. The van der Waals surface area contributed by atoms with E-state index in [1.807, 2.05) is 13.0 Å². The smallest absolute Gasteiger partial charge is 0.127 e. The Balaban J connectivity index is 3.24. The van der Waals surface area contributed by atoms with Crippen LogP contribution in [0.1, 0.15) is 17.2 Å². The molecule has 1 rings (SSSR count). The van der Waals surface area contributed by atoms with Crippen molar-refractivity contribution in [3.05, 3.63) is 23.3 Å². The van der Waals surface area contributed by atoms with E-state index < -0.39 is 6.04 Å². The first-order chi connectivity index (χ1) is 7.13. The monoisotopic (exact) mass is 211 g/mol. The summed E-state index contributed by atoms with van der Waals surface area (Å²) >= 11 is 0. The van der Waals surface area contributed by atoms with Crippen LogP contribution in [0, 0.1) is 6.92 Å². The van der Waals surface area contributed by atoms with Gasteiger partial charge in [-0.05, 0) is 18.6 Å². The van der Waals surface area contributed by atoms with Crippen molar-refractivity contribution in [3.63, 3.8) is 0 Å². The molecule has 0 amide bonds. The van der Waals surface area contributed by atoms with Gasteiger partial charge >= 0.3 is 0 Å². The molecule has 0 aliphatic rings. The summed E-state index contributed by atoms with van der Waals surface area (Å²) in [5, 5.41) is 9.05. The molecule has 0 radical (unpaired) electrons. The first-order valence-corrected chi connectivity index (χ1v) is 4.73. The number of hydrogen-bond acceptors (Lipinski definition) is 4. The van der Waals surface area contributed by atoms with Crippen molar-refractivity contribution in [2.75, 3.05) is 20.8 Å². The summed E-state index contributed by atoms with van der Waals surface area (Å²) in [6.07, 6.45) is 0. The van der Waals surface area contributed by atoms with Crippen molar-refractivity contribution in [2.24, 2.45) is 5.73 Å². The Morgan fingerprint density at radius 1 is 1.33 bits per heavy atom. The van der Waals surface area contributed by atoms with E-state index in [2.05, 4.69) is 0 Å². The van der Waals surface area contributed by atoms with Gasteiger partial charge in [0.1, 0.15) is 11.5 Å². The average Bonchev–Trinajstić information content (AvgIpc) is 2.26. The number of benzene rings is 1. The van der Waals surface area contributed by atoms with Gasteiger partial charge in [0.15, 0.2) is 0 Å². The van der Waals surface area contributed by atoms with Gasteiger partial charge < -0.3 is 20.3 Å². The quantitative estimate of drug-likeness (QED) is 0.780. The second-order valence-electron chi connectivity index (χ2n) is 3.35. The molecule has 0 bridgehead atoms. The molecule has 84 valence electrons. The van der Waals surface area contributed by atoms with E-state index in [4.69, 9.17) is 20.3 Å². The molecule has 0 aliphatic heterocycles. The van der Waals surface area contributed by atoms with Crippen LogP contribution in [0.3, 0.4) is 0 Å². The predicted molar refractivity (Wildman–Crippen MR) is 58.3 cm³/mol. The van der Waals surface area contributed by atoms with Gasteiger partial charge in [-0.25, -0.2) is 0 Å². The van der Waals surface area contributed by atoms with Crippen LogP contribution in [0.15, 0.2) is 12.1 Å². The summed E-state index contributed by atoms with van der Waals surface area (Å²) in [5.41, 5.74) is 7.56. The number of rotatable bonds is 4. The van der Waals surface area contributed by atoms with Crippen LogP contribution in [0.25, 0.3) is 0 Å². The fraction of sp³-hybridized carbons (Fsp3) is 0.455. The molecular formula is C11H17NO3. The van der Waals surface area contributed by atoms with Crippen molar-refractivity contribution in [3.8, 4) is 11.5 Å². The number of methoxy groups -OCH3 is 2. The lowest BCUT2D eigenvalue weighted by Crippen LogP contribution is -2.17. The molecule has 0 unspecified atom stereocenters. The minimum atomic E-state index is -0.425. The summed E-state index contributed by atoms with van der Waals surface area (Å²) in [7, 11) is 3.17. The predicted octanol–water partition coefficient (Wildman–Crippen LogP) is 1.00. The molecule has 1 aromatic rings. The second-order valence-corrected chi connectivity index (χ2v) is 3.35. The van der Waals surface area contributed by atoms with E-state index in [9.17, 15) is 0 Å². The molecule has 1 atom stereocenters. The zero-order valence-electron chi connectivity index (χ0n) is 9.28. The first-order valence-electron chi connectivity index (χ1n) is 4.73. The van der Waals surface area contributed by atoms with E-state index in [0.717, 1.165) is 16.9 Å². The Labute approximate surface area is 89.6 Å². The van der Waals surface area contributed by atoms with Crippen molar-refractivity contribution in [2.45, 2.75) is 13.0 Å². The number of aliphatic hydroxyl groups excluding tert-OH is 1. The summed E-state index contributed by atoms with van der Waals surface area (Å²) in [4.78, 5) is 0. The topological polar surface area (TPSA) is 64.7 Å². The van der Waals surface area contributed by atoms with E-state index in [-0.39, 0.29) is 6.61 Å². The van der Waals surface area contributed by atoms with Crippen LogP contribution >= 0.6 is 0 Å². The Morgan fingerprint density at radius 3 is 2.47 bits per heavy atom. The van der Waals surface area contributed by atoms with E-state index in [1.165, 1.54) is 0 Å². The Morgan fingerprint density at radius 2 is 2.00 bits per heavy atom. The molecule has 0 fully saturated rings. The molecule has 0 aromatic heterocycles. The third-order valence-corrected chi connectivity index (χ3v) is 2.35. The summed E-state index contributed by atoms with van der Waals surface area (Å²) < 4.78 is 10.3. The first kappa shape index (κ1) is 11.8. The highest BCUT2D eigenvalue weighted by atomic mass is 16.5. The maximum absolute atomic E-state index is 9.05. The number of ether oxygens (including phenoxy) is 2. The van der Waals surface area contributed by atoms with Gasteiger partial charge in [0, 0.05) is 11.6 Å². The number of aryl methyl sites for hydroxylation is 1. The Kier molecular flexibility index (Phi) is 3.94. The van der Waals surface area contributed by atoms with Gasteiger partial charge in [-0.1, -0.05) is 0 Å². The number of nitrogens with two attached hydrogens (primary N) is 1. The van der Waals surface area contributed by atoms with Crippen LogP contribution in [0.5, 0.6) is 11.5 Å². The SMILES string of the molecule is COc1cc(C)c([C@@H](N)CO)c(OC)c1. The molecule has 0 aliphatic carbocycles. The van der Waals surface area contributed by atoms with Crippen LogP contribution in [0.4, 0.5) is 0 Å². The highest BCUT2D eigenvalue weighted by molar-refractivity contribution is 5.47. The molecule has 4 heteroatoms. The zero-order chi connectivity index (χ0) is 11.4. The largest absolute Gasteiger partial charge is 0.497 e. The van der Waals surface area contributed by atoms with Crippen molar-refractivity contribution in [1.29, 1.82) is 0 Å². The van der Waals surface area contributed by atoms with Crippen molar-refractivity contribution < 1.29 is 14.6 Å². The van der Waals surface area contributed by atoms with E-state index >= 15 is 0 Å². The maximum atomic E-state index is 9.05. The van der Waals surface area contributed by atoms with Crippen LogP contribution < -0.4 is 15.2 Å². The van der Waals surface area contributed by atoms with Crippen molar-refractivity contribution >= 4 is 0 Å². The van der Waals surface area contributed by atoms with Gasteiger partial charge in [-0.2, -0.15) is 0 Å². The van der Waals surface area contributed by atoms with Gasteiger partial charge in [-0.15, -0.1) is 0 Å². The van der Waals surface area contributed by atoms with Gasteiger partial charge in [0.25, 0.3) is 0 Å². The van der Waals surface area contributed by atoms with Crippen LogP contribution in [-0.4, -0.2) is 25.9 Å². The summed E-state index contributed by atoms with van der Waals surface area (Å²) in [6.45, 7) is 1.80. The normalized spacial score (nSPS) is 12.3. The van der Waals surface area contributed by atoms with Gasteiger partial charge in [-0.3, -0.25) is 0 Å². The molecule has 4 nitrogen and oxygen atoms in total. The number of hydrogen-bond donors (Lipinski definition) is 2. The maximum Gasteiger partial charge on any atom is 0.127 e. The highest BCUT2D eigenvalue weighted by Crippen LogP contribution is 2.31. The molecule has 0 spiro atoms. The molecular weight excluding hydrogens is 194 g/mol. The summed E-state index contributed by atoms with van der Waals surface area (Å²) in [6, 6.07) is 3.21. The third-order valence-electron chi connectivity index (χ3n) is 2.35. The zero-order valence-corrected chi connectivity index (χ0v) is 9.28. The number of aliphatic hydroxyl groups is 1. The second kappa shape index (κ2) is 5.00. The average molecular weight is 211 g/mol. The molecule has 15 heavy (non-hydrogen) atoms. The standard InChI is InChI=1S/C11H17NO3/c1-7-4-8(14-2)5-10(15-3)11(7)9(12)6-13/h4-5,9,13H,6,12H2,1-3H3/t9-/m0/s1. The van der Waals surface area contributed by atoms with E-state index in [1.54, 1.807) is 20.3 Å². The molecule has 0 saturated carbocycles. The molecule has 1 aromatic carbocycles. The lowest BCUT2D eigenvalue weighted by molar-refractivity contribution is 0.264. The summed E-state index contributed by atoms with van der Waals surface area (Å²) in [5.74, 6) is 1.37. The molecule has 0 heterocycles. The minimum Gasteiger partial charge on any atom is -0.497 e. The fourth-order valence-corrected chi connectivity index (χ4v) is 1.59. The Hall–Kier alpha value is -1.26. The highest BCUT2D eigenvalue weighted by Gasteiger charge is 2.15. The Bertz CT molecular complexity index is 339. The lowest BCUT2D eigenvalue weighted by atomic mass is 10.0. The minimum absolute atomic E-state index is 0.108. The lowest BCUT2D eigenvalue weighted by Gasteiger charge is -2.17. The van der Waals surface area contributed by atoms with Gasteiger partial charge in [0.05, 0.1) is 26.9 Å².